The van der Waals surface area contributed by atoms with E-state index < -0.39 is 0 Å². The highest BCUT2D eigenvalue weighted by Crippen LogP contribution is 2.54. The summed E-state index contributed by atoms with van der Waals surface area (Å²) in [5.41, 5.74) is 14.5. The fourth-order valence-corrected chi connectivity index (χ4v) is 9.09. The Bertz CT molecular complexity index is 2930. The second-order valence-electron chi connectivity index (χ2n) is 14.8. The van der Waals surface area contributed by atoms with Crippen molar-refractivity contribution < 1.29 is 0 Å². The van der Waals surface area contributed by atoms with Crippen LogP contribution in [0.5, 0.6) is 0 Å². The lowest BCUT2D eigenvalue weighted by atomic mass is 9.78. The summed E-state index contributed by atoms with van der Waals surface area (Å²) in [6.45, 7) is 4.79. The molecule has 0 saturated carbocycles. The molecule has 2 aliphatic rings. The summed E-state index contributed by atoms with van der Waals surface area (Å²) in [5.74, 6) is 1.96. The van der Waals surface area contributed by atoms with Gasteiger partial charge in [0.2, 0.25) is 0 Å². The molecule has 0 spiro atoms. The maximum atomic E-state index is 5.07. The van der Waals surface area contributed by atoms with Crippen LogP contribution in [0.3, 0.4) is 0 Å². The van der Waals surface area contributed by atoms with Crippen molar-refractivity contribution in [3.63, 3.8) is 0 Å². The molecule has 0 bridgehead atoms. The topological polar surface area (TPSA) is 43.6 Å². The molecular formula is C49H34N4. The minimum absolute atomic E-state index is 0.106. The van der Waals surface area contributed by atoms with Gasteiger partial charge in [0.05, 0.1) is 11.0 Å². The Morgan fingerprint density at radius 3 is 1.94 bits per heavy atom. The van der Waals surface area contributed by atoms with Gasteiger partial charge in [0.15, 0.2) is 17.5 Å². The number of aromatic nitrogens is 4. The molecule has 0 fully saturated rings. The first kappa shape index (κ1) is 30.0. The molecular weight excluding hydrogens is 645 g/mol. The molecule has 53 heavy (non-hydrogen) atoms. The summed E-state index contributed by atoms with van der Waals surface area (Å²) < 4.78 is 2.47. The van der Waals surface area contributed by atoms with Crippen molar-refractivity contribution in [1.29, 1.82) is 0 Å². The van der Waals surface area contributed by atoms with Gasteiger partial charge in [-0.15, -0.1) is 0 Å². The third-order valence-electron chi connectivity index (χ3n) is 11.4. The fraction of sp³-hybridized carbons (Fsp3) is 0.0816. The third-order valence-corrected chi connectivity index (χ3v) is 11.4. The van der Waals surface area contributed by atoms with Crippen LogP contribution in [-0.4, -0.2) is 19.5 Å². The maximum absolute atomic E-state index is 5.07. The van der Waals surface area contributed by atoms with Gasteiger partial charge in [-0.25, -0.2) is 15.0 Å². The minimum Gasteiger partial charge on any atom is -0.309 e. The lowest BCUT2D eigenvalue weighted by molar-refractivity contribution is 0.666. The summed E-state index contributed by atoms with van der Waals surface area (Å²) in [6, 6.07) is 51.8. The van der Waals surface area contributed by atoms with Gasteiger partial charge in [-0.05, 0) is 80.9 Å². The number of nitrogens with zero attached hydrogens (tertiary/aromatic N) is 4. The second-order valence-corrected chi connectivity index (χ2v) is 14.8. The average Bonchev–Trinajstić information content (AvgIpc) is 3.67. The molecule has 9 aromatic rings. The van der Waals surface area contributed by atoms with Crippen molar-refractivity contribution in [3.8, 4) is 51.0 Å². The number of hydrogen-bond acceptors (Lipinski definition) is 3. The summed E-state index contributed by atoms with van der Waals surface area (Å²) in [7, 11) is 0. The van der Waals surface area contributed by atoms with Crippen molar-refractivity contribution >= 4 is 38.7 Å². The Balaban J connectivity index is 1.17. The van der Waals surface area contributed by atoms with E-state index >= 15 is 0 Å². The van der Waals surface area contributed by atoms with Gasteiger partial charge in [0.1, 0.15) is 0 Å². The number of rotatable bonds is 4. The molecule has 250 valence electrons. The smallest absolute Gasteiger partial charge is 0.164 e. The van der Waals surface area contributed by atoms with Crippen molar-refractivity contribution in [1.82, 2.24) is 19.5 Å². The molecule has 2 heterocycles. The highest BCUT2D eigenvalue weighted by molar-refractivity contribution is 6.19. The molecule has 0 N–H and O–H groups in total. The Labute approximate surface area is 307 Å². The zero-order valence-corrected chi connectivity index (χ0v) is 29.5. The standard InChI is InChI=1S/C49H34N4/c1-49(2)41-25-11-9-22-35(41)38-28-32-19-14-24-37-43(32)40(44(38)49)29-39-36-23-10-12-26-42(36)53(45(37)39)34-21-13-20-33(27-34)48-51-46(30-15-5-3-6-16-30)50-47(52-48)31-17-7-4-8-18-31/h3-23,25-29H,24H2,1-2H3. The Kier molecular flexibility index (Phi) is 6.33. The van der Waals surface area contributed by atoms with Crippen LogP contribution in [0, 0.1) is 0 Å². The number of benzene rings is 7. The van der Waals surface area contributed by atoms with Crippen LogP contribution in [0.25, 0.3) is 89.6 Å². The normalized spacial score (nSPS) is 13.8. The van der Waals surface area contributed by atoms with Crippen molar-refractivity contribution in [2.75, 3.05) is 0 Å². The predicted octanol–water partition coefficient (Wildman–Crippen LogP) is 12.0. The lowest BCUT2D eigenvalue weighted by Gasteiger charge is -2.26. The highest BCUT2D eigenvalue weighted by atomic mass is 15.0. The Hall–Kier alpha value is -6.65. The van der Waals surface area contributed by atoms with E-state index in [1.165, 1.54) is 66.0 Å². The van der Waals surface area contributed by atoms with Gasteiger partial charge in [0.25, 0.3) is 0 Å². The van der Waals surface area contributed by atoms with E-state index in [1.807, 2.05) is 36.4 Å². The van der Waals surface area contributed by atoms with E-state index in [1.54, 1.807) is 0 Å². The zero-order valence-electron chi connectivity index (χ0n) is 29.5. The molecule has 0 saturated heterocycles. The summed E-state index contributed by atoms with van der Waals surface area (Å²) in [5, 5.41) is 5.28. The van der Waals surface area contributed by atoms with Crippen LogP contribution in [0.15, 0.2) is 152 Å². The van der Waals surface area contributed by atoms with Gasteiger partial charge in [0, 0.05) is 38.6 Å². The van der Waals surface area contributed by atoms with Gasteiger partial charge < -0.3 is 4.57 Å². The van der Waals surface area contributed by atoms with E-state index in [0.29, 0.717) is 17.5 Å². The summed E-state index contributed by atoms with van der Waals surface area (Å²) in [4.78, 5) is 15.1. The minimum atomic E-state index is -0.106. The van der Waals surface area contributed by atoms with Crippen LogP contribution >= 0.6 is 0 Å². The molecule has 0 aliphatic heterocycles. The predicted molar refractivity (Wildman–Crippen MR) is 218 cm³/mol. The van der Waals surface area contributed by atoms with E-state index in [2.05, 4.69) is 140 Å². The molecule has 0 amide bonds. The quantitative estimate of drug-likeness (QED) is 0.186. The van der Waals surface area contributed by atoms with Gasteiger partial charge in [-0.2, -0.15) is 0 Å². The average molecular weight is 679 g/mol. The molecule has 2 aliphatic carbocycles. The summed E-state index contributed by atoms with van der Waals surface area (Å²) >= 11 is 0. The second kappa shape index (κ2) is 11.2. The fourth-order valence-electron chi connectivity index (χ4n) is 9.09. The number of fused-ring (bicyclic) bond motifs is 8. The van der Waals surface area contributed by atoms with Crippen LogP contribution in [0.1, 0.15) is 36.1 Å². The zero-order chi connectivity index (χ0) is 35.3. The van der Waals surface area contributed by atoms with E-state index in [9.17, 15) is 0 Å². The van der Waals surface area contributed by atoms with Crippen molar-refractivity contribution in [3.05, 3.63) is 174 Å². The highest BCUT2D eigenvalue weighted by Gasteiger charge is 2.38. The first-order valence-corrected chi connectivity index (χ1v) is 18.3. The van der Waals surface area contributed by atoms with E-state index in [-0.39, 0.29) is 5.41 Å². The molecule has 0 atom stereocenters. The molecule has 0 radical (unpaired) electrons. The van der Waals surface area contributed by atoms with Crippen LogP contribution < -0.4 is 0 Å². The molecule has 4 heteroatoms. The number of allylic oxidation sites excluding steroid dienone is 1. The van der Waals surface area contributed by atoms with Crippen LogP contribution in [-0.2, 0) is 11.8 Å². The van der Waals surface area contributed by atoms with E-state index in [4.69, 9.17) is 15.0 Å². The first-order chi connectivity index (χ1) is 26.0. The van der Waals surface area contributed by atoms with Gasteiger partial charge in [-0.1, -0.05) is 141 Å². The third kappa shape index (κ3) is 4.39. The van der Waals surface area contributed by atoms with Crippen molar-refractivity contribution in [2.45, 2.75) is 25.7 Å². The molecule has 0 unspecified atom stereocenters. The van der Waals surface area contributed by atoms with Gasteiger partial charge >= 0.3 is 0 Å². The maximum Gasteiger partial charge on any atom is 0.164 e. The van der Waals surface area contributed by atoms with E-state index in [0.717, 1.165) is 28.8 Å². The molecule has 7 aromatic carbocycles. The van der Waals surface area contributed by atoms with Crippen LogP contribution in [0.4, 0.5) is 0 Å². The molecule has 11 rings (SSSR count). The number of hydrogen-bond donors (Lipinski definition) is 0. The van der Waals surface area contributed by atoms with Crippen LogP contribution in [0.2, 0.25) is 0 Å². The van der Waals surface area contributed by atoms with Crippen molar-refractivity contribution in [2.24, 2.45) is 0 Å². The molecule has 2 aromatic heterocycles. The van der Waals surface area contributed by atoms with Gasteiger partial charge in [-0.3, -0.25) is 0 Å². The SMILES string of the molecule is CC1(C)c2ccccc2-c2cc3c4c(c5c(cc4c21)c1ccccc1n5-c1cccc(-c2nc(-c4ccccc4)nc(-c4ccccc4)n2)c1)CC=C3. The number of para-hydroxylation sites is 1. The lowest BCUT2D eigenvalue weighted by Crippen LogP contribution is -2.16. The Morgan fingerprint density at radius 2 is 1.19 bits per heavy atom. The summed E-state index contributed by atoms with van der Waals surface area (Å²) in [6.07, 6.45) is 5.55. The Morgan fingerprint density at radius 1 is 0.547 bits per heavy atom. The monoisotopic (exact) mass is 678 g/mol. The first-order valence-electron chi connectivity index (χ1n) is 18.3. The molecule has 4 nitrogen and oxygen atoms in total. The largest absolute Gasteiger partial charge is 0.309 e.